The molecule has 43 heavy (non-hydrogen) atoms. The lowest BCUT2D eigenvalue weighted by Crippen LogP contribution is -2.22. The topological polar surface area (TPSA) is 117 Å². The molecule has 0 radical (unpaired) electrons. The van der Waals surface area contributed by atoms with Crippen LogP contribution in [0.1, 0.15) is 20.7 Å². The average molecular weight is 585 g/mol. The third-order valence-corrected chi connectivity index (χ3v) is 5.94. The molecule has 2 aromatic heterocycles. The SMILES string of the molecule is O=C(Nc1ccc(Nc2ccncc2)cc1)c1ccc(C(=O)Nc2ccc(Nc3ccncc3)cc2)c(OC(F)(F)F)c1. The lowest BCUT2D eigenvalue weighted by molar-refractivity contribution is -0.274. The molecule has 0 unspecified atom stereocenters. The van der Waals surface area contributed by atoms with Gasteiger partial charge in [-0.3, -0.25) is 19.6 Å². The normalized spacial score (nSPS) is 10.9. The number of amides is 2. The highest BCUT2D eigenvalue weighted by molar-refractivity contribution is 6.09. The molecule has 12 heteroatoms. The van der Waals surface area contributed by atoms with Crippen molar-refractivity contribution < 1.29 is 27.5 Å². The maximum absolute atomic E-state index is 13.2. The van der Waals surface area contributed by atoms with Crippen LogP contribution in [0.5, 0.6) is 5.75 Å². The van der Waals surface area contributed by atoms with Gasteiger partial charge < -0.3 is 26.0 Å². The van der Waals surface area contributed by atoms with Crippen LogP contribution in [0.25, 0.3) is 0 Å². The van der Waals surface area contributed by atoms with Gasteiger partial charge in [-0.1, -0.05) is 0 Å². The van der Waals surface area contributed by atoms with Crippen LogP contribution in [0, 0.1) is 0 Å². The number of halogens is 3. The van der Waals surface area contributed by atoms with E-state index in [2.05, 4.69) is 36.0 Å². The smallest absolute Gasteiger partial charge is 0.405 e. The monoisotopic (exact) mass is 584 g/mol. The number of benzene rings is 3. The molecule has 2 heterocycles. The minimum atomic E-state index is -5.10. The molecule has 0 saturated heterocycles. The van der Waals surface area contributed by atoms with E-state index in [1.54, 1.807) is 97.6 Å². The van der Waals surface area contributed by atoms with Gasteiger partial charge in [0.05, 0.1) is 5.56 Å². The first-order valence-electron chi connectivity index (χ1n) is 12.8. The first-order valence-corrected chi connectivity index (χ1v) is 12.8. The van der Waals surface area contributed by atoms with Crippen LogP contribution in [0.2, 0.25) is 0 Å². The molecule has 0 fully saturated rings. The zero-order chi connectivity index (χ0) is 30.2. The van der Waals surface area contributed by atoms with Gasteiger partial charge in [0.15, 0.2) is 0 Å². The summed E-state index contributed by atoms with van der Waals surface area (Å²) in [7, 11) is 0. The highest BCUT2D eigenvalue weighted by Gasteiger charge is 2.33. The Morgan fingerprint density at radius 1 is 0.558 bits per heavy atom. The highest BCUT2D eigenvalue weighted by atomic mass is 19.4. The molecule has 0 saturated carbocycles. The van der Waals surface area contributed by atoms with Gasteiger partial charge in [-0.25, -0.2) is 0 Å². The van der Waals surface area contributed by atoms with Gasteiger partial charge in [-0.05, 0) is 91.0 Å². The van der Waals surface area contributed by atoms with E-state index >= 15 is 0 Å². The molecule has 4 N–H and O–H groups in total. The van der Waals surface area contributed by atoms with Crippen LogP contribution < -0.4 is 26.0 Å². The van der Waals surface area contributed by atoms with Crippen molar-refractivity contribution in [2.24, 2.45) is 0 Å². The number of rotatable bonds is 9. The third kappa shape index (κ3) is 8.07. The molecule has 216 valence electrons. The molecule has 0 aliphatic heterocycles. The number of anilines is 6. The molecule has 5 aromatic rings. The van der Waals surface area contributed by atoms with Crippen LogP contribution >= 0.6 is 0 Å². The van der Waals surface area contributed by atoms with Crippen LogP contribution in [0.4, 0.5) is 47.3 Å². The van der Waals surface area contributed by atoms with E-state index in [0.717, 1.165) is 34.9 Å². The Morgan fingerprint density at radius 2 is 0.977 bits per heavy atom. The van der Waals surface area contributed by atoms with E-state index in [1.807, 2.05) is 0 Å². The number of hydrogen-bond donors (Lipinski definition) is 4. The summed E-state index contributed by atoms with van der Waals surface area (Å²) >= 11 is 0. The first-order chi connectivity index (χ1) is 20.7. The maximum atomic E-state index is 13.2. The fourth-order valence-electron chi connectivity index (χ4n) is 3.94. The number of hydrogen-bond acceptors (Lipinski definition) is 7. The van der Waals surface area contributed by atoms with Crippen molar-refractivity contribution in [1.82, 2.24) is 9.97 Å². The summed E-state index contributed by atoms with van der Waals surface area (Å²) < 4.78 is 43.8. The van der Waals surface area contributed by atoms with Crippen molar-refractivity contribution in [3.8, 4) is 5.75 Å². The standard InChI is InChI=1S/C31H23F3N6O3/c32-31(33,34)43-28-19-20(29(41)39-23-6-2-21(3-7-23)37-25-11-15-35-16-12-25)1-10-27(28)30(42)40-24-8-4-22(5-9-24)38-26-13-17-36-18-14-26/h1-19H,(H,35,37)(H,36,38)(H,39,41)(H,40,42). The molecule has 5 rings (SSSR count). The molecule has 2 amide bonds. The number of ether oxygens (including phenoxy) is 1. The van der Waals surface area contributed by atoms with Crippen LogP contribution in [-0.4, -0.2) is 28.1 Å². The quantitative estimate of drug-likeness (QED) is 0.143. The lowest BCUT2D eigenvalue weighted by atomic mass is 10.1. The number of pyridine rings is 2. The zero-order valence-corrected chi connectivity index (χ0v) is 22.2. The molecule has 3 aromatic carbocycles. The van der Waals surface area contributed by atoms with E-state index < -0.39 is 29.5 Å². The second kappa shape index (κ2) is 12.7. The predicted molar refractivity (Wildman–Crippen MR) is 157 cm³/mol. The van der Waals surface area contributed by atoms with Gasteiger partial charge in [0, 0.05) is 64.5 Å². The second-order valence-corrected chi connectivity index (χ2v) is 9.04. The molecular formula is C31H23F3N6O3. The Bertz CT molecular complexity index is 1700. The third-order valence-electron chi connectivity index (χ3n) is 5.94. The predicted octanol–water partition coefficient (Wildman–Crippen LogP) is 7.37. The van der Waals surface area contributed by atoms with Crippen LogP contribution in [0.3, 0.4) is 0 Å². The number of carbonyl (C=O) groups excluding carboxylic acids is 2. The summed E-state index contributed by atoms with van der Waals surface area (Å²) in [6, 6.07) is 23.6. The fraction of sp³-hybridized carbons (Fsp3) is 0.0323. The molecular weight excluding hydrogens is 561 g/mol. The summed E-state index contributed by atoms with van der Waals surface area (Å²) in [5.41, 5.74) is 3.31. The van der Waals surface area contributed by atoms with Gasteiger partial charge in [0.25, 0.3) is 11.8 Å². The summed E-state index contributed by atoms with van der Waals surface area (Å²) in [4.78, 5) is 33.7. The first kappa shape index (κ1) is 28.6. The summed E-state index contributed by atoms with van der Waals surface area (Å²) in [6.07, 6.45) is 1.45. The Kier molecular flexibility index (Phi) is 8.47. The van der Waals surface area contributed by atoms with Gasteiger partial charge in [0.1, 0.15) is 5.75 Å². The van der Waals surface area contributed by atoms with Crippen molar-refractivity contribution >= 4 is 45.9 Å². The van der Waals surface area contributed by atoms with Crippen molar-refractivity contribution in [1.29, 1.82) is 0 Å². The van der Waals surface area contributed by atoms with Crippen molar-refractivity contribution in [3.63, 3.8) is 0 Å². The van der Waals surface area contributed by atoms with Crippen LogP contribution in [0.15, 0.2) is 116 Å². The van der Waals surface area contributed by atoms with E-state index in [-0.39, 0.29) is 5.56 Å². The number of nitrogens with one attached hydrogen (secondary N) is 4. The minimum absolute atomic E-state index is 0.138. The molecule has 9 nitrogen and oxygen atoms in total. The van der Waals surface area contributed by atoms with E-state index in [0.29, 0.717) is 11.4 Å². The molecule has 0 spiro atoms. The Morgan fingerprint density at radius 3 is 1.44 bits per heavy atom. The van der Waals surface area contributed by atoms with E-state index in [4.69, 9.17) is 0 Å². The molecule has 0 aliphatic carbocycles. The second-order valence-electron chi connectivity index (χ2n) is 9.04. The summed E-state index contributed by atoms with van der Waals surface area (Å²) in [5, 5.41) is 11.5. The van der Waals surface area contributed by atoms with Gasteiger partial charge >= 0.3 is 6.36 Å². The molecule has 0 atom stereocenters. The highest BCUT2D eigenvalue weighted by Crippen LogP contribution is 2.29. The van der Waals surface area contributed by atoms with Crippen molar-refractivity contribution in [2.45, 2.75) is 6.36 Å². The fourth-order valence-corrected chi connectivity index (χ4v) is 3.94. The molecule has 0 aliphatic rings. The van der Waals surface area contributed by atoms with Crippen molar-refractivity contribution in [3.05, 3.63) is 127 Å². The zero-order valence-electron chi connectivity index (χ0n) is 22.2. The number of aromatic nitrogens is 2. The number of nitrogens with zero attached hydrogens (tertiary/aromatic N) is 2. The van der Waals surface area contributed by atoms with Gasteiger partial charge in [-0.2, -0.15) is 0 Å². The van der Waals surface area contributed by atoms with Crippen LogP contribution in [-0.2, 0) is 0 Å². The number of carbonyl (C=O) groups is 2. The van der Waals surface area contributed by atoms with Gasteiger partial charge in [0.2, 0.25) is 0 Å². The summed E-state index contributed by atoms with van der Waals surface area (Å²) in [6.45, 7) is 0. The average Bonchev–Trinajstić information content (AvgIpc) is 2.99. The minimum Gasteiger partial charge on any atom is -0.405 e. The van der Waals surface area contributed by atoms with Crippen molar-refractivity contribution in [2.75, 3.05) is 21.3 Å². The largest absolute Gasteiger partial charge is 0.573 e. The van der Waals surface area contributed by atoms with Gasteiger partial charge in [-0.15, -0.1) is 13.2 Å². The van der Waals surface area contributed by atoms with E-state index in [9.17, 15) is 22.8 Å². The van der Waals surface area contributed by atoms with E-state index in [1.165, 1.54) is 6.07 Å². The maximum Gasteiger partial charge on any atom is 0.573 e. The number of alkyl halides is 3. The molecule has 0 bridgehead atoms. The Balaban J connectivity index is 1.27. The Labute approximate surface area is 243 Å². The lowest BCUT2D eigenvalue weighted by Gasteiger charge is -2.15. The Hall–Kier alpha value is -5.91. The summed E-state index contributed by atoms with van der Waals surface area (Å²) in [5.74, 6) is -2.35.